The van der Waals surface area contributed by atoms with E-state index in [1.54, 1.807) is 0 Å². The molecule has 0 fully saturated rings. The van der Waals surface area contributed by atoms with E-state index in [4.69, 9.17) is 0 Å². The normalized spacial score (nSPS) is 10.2. The highest BCUT2D eigenvalue weighted by molar-refractivity contribution is 5.27. The SMILES string of the molecule is Cc1ccccc1CCc1cc[c]cc1. The molecule has 0 aliphatic carbocycles. The highest BCUT2D eigenvalue weighted by Gasteiger charge is 1.97. The molecule has 0 N–H and O–H groups in total. The lowest BCUT2D eigenvalue weighted by molar-refractivity contribution is 0.949. The third-order valence-corrected chi connectivity index (χ3v) is 2.73. The monoisotopic (exact) mass is 195 g/mol. The Morgan fingerprint density at radius 3 is 2.40 bits per heavy atom. The van der Waals surface area contributed by atoms with Crippen LogP contribution >= 0.6 is 0 Å². The number of hydrogen-bond donors (Lipinski definition) is 0. The molecule has 75 valence electrons. The molecule has 0 bridgehead atoms. The van der Waals surface area contributed by atoms with E-state index in [0.29, 0.717) is 0 Å². The summed E-state index contributed by atoms with van der Waals surface area (Å²) in [5.41, 5.74) is 4.22. The highest BCUT2D eigenvalue weighted by Crippen LogP contribution is 2.11. The molecule has 0 aliphatic rings. The second-order valence-electron chi connectivity index (χ2n) is 3.83. The van der Waals surface area contributed by atoms with Gasteiger partial charge in [0.05, 0.1) is 0 Å². The Morgan fingerprint density at radius 1 is 0.933 bits per heavy atom. The van der Waals surface area contributed by atoms with Gasteiger partial charge in [0.15, 0.2) is 0 Å². The predicted molar refractivity (Wildman–Crippen MR) is 63.9 cm³/mol. The molecule has 15 heavy (non-hydrogen) atoms. The minimum atomic E-state index is 1.11. The molecule has 0 unspecified atom stereocenters. The van der Waals surface area contributed by atoms with Crippen molar-refractivity contribution in [3.05, 3.63) is 71.3 Å². The molecule has 0 heteroatoms. The topological polar surface area (TPSA) is 0 Å². The van der Waals surface area contributed by atoms with E-state index in [9.17, 15) is 0 Å². The standard InChI is InChI=1S/C15H15/c1-13-7-5-6-10-15(13)12-11-14-8-3-2-4-9-14/h3-10H,11-12H2,1H3. The number of benzene rings is 2. The first-order valence-corrected chi connectivity index (χ1v) is 5.36. The Morgan fingerprint density at radius 2 is 1.67 bits per heavy atom. The van der Waals surface area contributed by atoms with E-state index in [-0.39, 0.29) is 0 Å². The summed E-state index contributed by atoms with van der Waals surface area (Å²) < 4.78 is 0. The smallest absolute Gasteiger partial charge is 0.0184 e. The van der Waals surface area contributed by atoms with Crippen molar-refractivity contribution in [1.82, 2.24) is 0 Å². The molecule has 0 nitrogen and oxygen atoms in total. The zero-order valence-electron chi connectivity index (χ0n) is 9.03. The average Bonchev–Trinajstić information content (AvgIpc) is 2.29. The lowest BCUT2D eigenvalue weighted by atomic mass is 10.0. The number of hydrogen-bond acceptors (Lipinski definition) is 0. The second-order valence-corrected chi connectivity index (χ2v) is 3.83. The Kier molecular flexibility index (Phi) is 3.18. The van der Waals surface area contributed by atoms with Gasteiger partial charge in [-0.3, -0.25) is 0 Å². The summed E-state index contributed by atoms with van der Waals surface area (Å²) in [6.45, 7) is 2.17. The molecular formula is C15H15. The van der Waals surface area contributed by atoms with E-state index in [1.165, 1.54) is 16.7 Å². The lowest BCUT2D eigenvalue weighted by Gasteiger charge is -2.05. The fourth-order valence-electron chi connectivity index (χ4n) is 1.76. The summed E-state index contributed by atoms with van der Waals surface area (Å²) in [6.07, 6.45) is 2.23. The van der Waals surface area contributed by atoms with Crippen LogP contribution in [0.15, 0.2) is 48.5 Å². The first-order chi connectivity index (χ1) is 7.36. The lowest BCUT2D eigenvalue weighted by Crippen LogP contribution is -1.93. The van der Waals surface area contributed by atoms with Crippen molar-refractivity contribution < 1.29 is 0 Å². The van der Waals surface area contributed by atoms with Gasteiger partial charge in [-0.25, -0.2) is 0 Å². The van der Waals surface area contributed by atoms with E-state index in [0.717, 1.165) is 12.8 Å². The molecule has 1 radical (unpaired) electrons. The summed E-state index contributed by atoms with van der Waals surface area (Å²) in [4.78, 5) is 0. The van der Waals surface area contributed by atoms with Crippen LogP contribution < -0.4 is 0 Å². The summed E-state index contributed by atoms with van der Waals surface area (Å²) in [6, 6.07) is 19.9. The van der Waals surface area contributed by atoms with E-state index < -0.39 is 0 Å². The molecule has 0 spiro atoms. The van der Waals surface area contributed by atoms with Crippen LogP contribution in [0.3, 0.4) is 0 Å². The molecule has 0 heterocycles. The maximum Gasteiger partial charge on any atom is -0.0184 e. The third-order valence-electron chi connectivity index (χ3n) is 2.73. The maximum absolute atomic E-state index is 3.04. The van der Waals surface area contributed by atoms with Crippen molar-refractivity contribution in [3.63, 3.8) is 0 Å². The molecular weight excluding hydrogens is 180 g/mol. The molecule has 2 aromatic rings. The molecule has 0 amide bonds. The third kappa shape index (κ3) is 2.69. The fraction of sp³-hybridized carbons (Fsp3) is 0.200. The van der Waals surface area contributed by atoms with Gasteiger partial charge in [-0.15, -0.1) is 0 Å². The fourth-order valence-corrected chi connectivity index (χ4v) is 1.76. The molecule has 0 saturated carbocycles. The van der Waals surface area contributed by atoms with E-state index >= 15 is 0 Å². The quantitative estimate of drug-likeness (QED) is 0.702. The van der Waals surface area contributed by atoms with Crippen LogP contribution in [0.2, 0.25) is 0 Å². The van der Waals surface area contributed by atoms with Crippen LogP contribution in [0.5, 0.6) is 0 Å². The van der Waals surface area contributed by atoms with Crippen LogP contribution in [-0.2, 0) is 12.8 Å². The largest absolute Gasteiger partial charge is 0.0620 e. The van der Waals surface area contributed by atoms with E-state index in [1.807, 2.05) is 12.1 Å². The molecule has 2 rings (SSSR count). The molecule has 0 saturated heterocycles. The maximum atomic E-state index is 3.04. The van der Waals surface area contributed by atoms with Gasteiger partial charge in [0.1, 0.15) is 0 Å². The minimum absolute atomic E-state index is 1.11. The van der Waals surface area contributed by atoms with Gasteiger partial charge in [0.2, 0.25) is 0 Å². The van der Waals surface area contributed by atoms with Gasteiger partial charge in [-0.05, 0) is 42.5 Å². The van der Waals surface area contributed by atoms with Crippen molar-refractivity contribution in [2.24, 2.45) is 0 Å². The van der Waals surface area contributed by atoms with Crippen LogP contribution in [0, 0.1) is 13.0 Å². The van der Waals surface area contributed by atoms with Gasteiger partial charge >= 0.3 is 0 Å². The van der Waals surface area contributed by atoms with Gasteiger partial charge in [0, 0.05) is 0 Å². The van der Waals surface area contributed by atoms with Crippen LogP contribution in [0.1, 0.15) is 16.7 Å². The highest BCUT2D eigenvalue weighted by atomic mass is 14.0. The van der Waals surface area contributed by atoms with Crippen molar-refractivity contribution in [2.45, 2.75) is 19.8 Å². The zero-order chi connectivity index (χ0) is 10.5. The van der Waals surface area contributed by atoms with Gasteiger partial charge in [0.25, 0.3) is 0 Å². The van der Waals surface area contributed by atoms with Gasteiger partial charge < -0.3 is 0 Å². The van der Waals surface area contributed by atoms with E-state index in [2.05, 4.69) is 49.4 Å². The Balaban J connectivity index is 2.03. The number of rotatable bonds is 3. The molecule has 2 aromatic carbocycles. The predicted octanol–water partition coefficient (Wildman–Crippen LogP) is 3.58. The van der Waals surface area contributed by atoms with Crippen molar-refractivity contribution in [3.8, 4) is 0 Å². The van der Waals surface area contributed by atoms with Gasteiger partial charge in [-0.2, -0.15) is 0 Å². The summed E-state index contributed by atoms with van der Waals surface area (Å²) >= 11 is 0. The van der Waals surface area contributed by atoms with Crippen LogP contribution in [0.25, 0.3) is 0 Å². The average molecular weight is 195 g/mol. The minimum Gasteiger partial charge on any atom is -0.0620 e. The Bertz CT molecular complexity index is 415. The molecule has 0 aromatic heterocycles. The van der Waals surface area contributed by atoms with Crippen molar-refractivity contribution in [1.29, 1.82) is 0 Å². The Hall–Kier alpha value is -1.56. The first-order valence-electron chi connectivity index (χ1n) is 5.36. The molecule has 0 atom stereocenters. The second kappa shape index (κ2) is 4.79. The van der Waals surface area contributed by atoms with Crippen molar-refractivity contribution in [2.75, 3.05) is 0 Å². The molecule has 0 aliphatic heterocycles. The van der Waals surface area contributed by atoms with Crippen LogP contribution in [-0.4, -0.2) is 0 Å². The zero-order valence-corrected chi connectivity index (χ0v) is 9.03. The summed E-state index contributed by atoms with van der Waals surface area (Å²) in [5, 5.41) is 0. The summed E-state index contributed by atoms with van der Waals surface area (Å²) in [5.74, 6) is 0. The summed E-state index contributed by atoms with van der Waals surface area (Å²) in [7, 11) is 0. The van der Waals surface area contributed by atoms with Crippen LogP contribution in [0.4, 0.5) is 0 Å². The van der Waals surface area contributed by atoms with Gasteiger partial charge in [-0.1, -0.05) is 48.5 Å². The van der Waals surface area contributed by atoms with Crippen molar-refractivity contribution >= 4 is 0 Å². The Labute approximate surface area is 91.6 Å². The first kappa shape index (κ1) is 9.97. The number of aryl methyl sites for hydroxylation is 3.